The number of nitrogens with zero attached hydrogens (tertiary/aromatic N) is 1. The van der Waals surface area contributed by atoms with Crippen molar-refractivity contribution in [1.29, 1.82) is 0 Å². The van der Waals surface area contributed by atoms with Crippen molar-refractivity contribution in [2.24, 2.45) is 0 Å². The Labute approximate surface area is 145 Å². The van der Waals surface area contributed by atoms with Crippen molar-refractivity contribution in [2.45, 2.75) is 53.1 Å². The normalized spacial score (nSPS) is 13.6. The maximum Gasteiger partial charge on any atom is 0.469 e. The van der Waals surface area contributed by atoms with E-state index in [1.807, 2.05) is 0 Å². The number of esters is 1. The summed E-state index contributed by atoms with van der Waals surface area (Å²) in [6, 6.07) is 0. The van der Waals surface area contributed by atoms with E-state index in [4.69, 9.17) is 19.0 Å². The van der Waals surface area contributed by atoms with Crippen molar-refractivity contribution in [3.05, 3.63) is 12.2 Å². The van der Waals surface area contributed by atoms with Crippen molar-refractivity contribution < 1.29 is 32.9 Å². The summed E-state index contributed by atoms with van der Waals surface area (Å²) in [5.74, 6) is -0.457. The van der Waals surface area contributed by atoms with E-state index in [0.717, 1.165) is 30.7 Å². The fourth-order valence-electron chi connectivity index (χ4n) is 2.61. The quantitative estimate of drug-likeness (QED) is 0.171. The Morgan fingerprint density at radius 2 is 1.71 bits per heavy atom. The Hall–Kier alpha value is -0.720. The molecule has 0 bridgehead atoms. The molecule has 1 atom stereocenters. The molecule has 0 saturated heterocycles. The second kappa shape index (κ2) is 11.0. The molecule has 0 fully saturated rings. The Balaban J connectivity index is 4.56. The van der Waals surface area contributed by atoms with Crippen LogP contribution in [-0.2, 0) is 18.6 Å². The average Bonchev–Trinajstić information content (AvgIpc) is 2.51. The molecular formula is C16H33NO6P+. The van der Waals surface area contributed by atoms with Crippen LogP contribution in [0.15, 0.2) is 12.2 Å². The molecule has 0 heterocycles. The third kappa shape index (κ3) is 9.55. The van der Waals surface area contributed by atoms with E-state index >= 15 is 0 Å². The zero-order valence-electron chi connectivity index (χ0n) is 15.4. The molecule has 7 nitrogen and oxygen atoms in total. The Bertz CT molecular complexity index is 436. The Kier molecular flexibility index (Phi) is 10.7. The molecular weight excluding hydrogens is 333 g/mol. The second-order valence-electron chi connectivity index (χ2n) is 6.08. The minimum Gasteiger partial charge on any atom is -0.462 e. The van der Waals surface area contributed by atoms with Gasteiger partial charge < -0.3 is 19.0 Å². The lowest BCUT2D eigenvalue weighted by molar-refractivity contribution is -0.923. The predicted octanol–water partition coefficient (Wildman–Crippen LogP) is 2.63. The molecule has 0 amide bonds. The molecule has 0 radical (unpaired) electrons. The number of hydrogen-bond acceptors (Lipinski definition) is 4. The lowest BCUT2D eigenvalue weighted by Gasteiger charge is -2.36. The highest BCUT2D eigenvalue weighted by Crippen LogP contribution is 2.39. The number of hydrogen-bond donors (Lipinski definition) is 2. The van der Waals surface area contributed by atoms with Gasteiger partial charge in [-0.3, -0.25) is 4.52 Å². The van der Waals surface area contributed by atoms with Gasteiger partial charge in [-0.15, -0.1) is 0 Å². The maximum absolute atomic E-state index is 11.3. The molecule has 0 aromatic rings. The predicted molar refractivity (Wildman–Crippen MR) is 93.3 cm³/mol. The summed E-state index contributed by atoms with van der Waals surface area (Å²) in [7, 11) is -4.54. The molecule has 0 aromatic heterocycles. The van der Waals surface area contributed by atoms with Crippen molar-refractivity contribution in [3.63, 3.8) is 0 Å². The standard InChI is InChI=1S/C16H32NO6P/c1-6-17(7-2,8-3)12-11-15(23-24(19,20)21)10-9-13-22-16(18)14(4)5/h15H,4,6-13H2,1-3,5H3,(H-,19,20,21)/p+1. The van der Waals surface area contributed by atoms with Crippen LogP contribution >= 0.6 is 7.82 Å². The molecule has 0 aliphatic carbocycles. The van der Waals surface area contributed by atoms with Gasteiger partial charge >= 0.3 is 13.8 Å². The van der Waals surface area contributed by atoms with Crippen LogP contribution in [0.25, 0.3) is 0 Å². The summed E-state index contributed by atoms with van der Waals surface area (Å²) >= 11 is 0. The molecule has 24 heavy (non-hydrogen) atoms. The van der Waals surface area contributed by atoms with E-state index in [1.54, 1.807) is 6.92 Å². The maximum atomic E-state index is 11.3. The van der Waals surface area contributed by atoms with Crippen LogP contribution < -0.4 is 0 Å². The van der Waals surface area contributed by atoms with Gasteiger partial charge in [0, 0.05) is 12.0 Å². The summed E-state index contributed by atoms with van der Waals surface area (Å²) in [6.07, 6.45) is 0.894. The minimum absolute atomic E-state index is 0.183. The zero-order valence-corrected chi connectivity index (χ0v) is 16.3. The van der Waals surface area contributed by atoms with Crippen LogP contribution in [0, 0.1) is 0 Å². The number of carbonyl (C=O) groups is 1. The van der Waals surface area contributed by atoms with Crippen molar-refractivity contribution >= 4 is 13.8 Å². The number of phosphoric acid groups is 1. The van der Waals surface area contributed by atoms with Gasteiger partial charge in [-0.05, 0) is 40.5 Å². The summed E-state index contributed by atoms with van der Waals surface area (Å²) in [4.78, 5) is 29.5. The van der Waals surface area contributed by atoms with Gasteiger partial charge in [-0.1, -0.05) is 6.58 Å². The van der Waals surface area contributed by atoms with Gasteiger partial charge in [0.2, 0.25) is 0 Å². The number of phosphoric ester groups is 1. The largest absolute Gasteiger partial charge is 0.469 e. The van der Waals surface area contributed by atoms with Gasteiger partial charge in [0.1, 0.15) is 0 Å². The van der Waals surface area contributed by atoms with Crippen LogP contribution in [0.3, 0.4) is 0 Å². The first-order valence-corrected chi connectivity index (χ1v) is 10.0. The minimum atomic E-state index is -4.54. The highest BCUT2D eigenvalue weighted by atomic mass is 31.2. The summed E-state index contributed by atoms with van der Waals surface area (Å²) in [5.41, 5.74) is 0.328. The summed E-state index contributed by atoms with van der Waals surface area (Å²) < 4.78 is 22.0. The van der Waals surface area contributed by atoms with E-state index in [9.17, 15) is 9.36 Å². The smallest absolute Gasteiger partial charge is 0.462 e. The Morgan fingerprint density at radius 1 is 1.17 bits per heavy atom. The molecule has 1 unspecified atom stereocenters. The number of rotatable bonds is 13. The third-order valence-corrected chi connectivity index (χ3v) is 5.05. The van der Waals surface area contributed by atoms with Gasteiger partial charge in [-0.25, -0.2) is 9.36 Å². The zero-order chi connectivity index (χ0) is 18.8. The van der Waals surface area contributed by atoms with Crippen LogP contribution in [0.2, 0.25) is 0 Å². The highest BCUT2D eigenvalue weighted by Gasteiger charge is 2.27. The molecule has 2 N–H and O–H groups in total. The van der Waals surface area contributed by atoms with Gasteiger partial charge in [0.15, 0.2) is 0 Å². The third-order valence-electron chi connectivity index (χ3n) is 4.48. The van der Waals surface area contributed by atoms with E-state index in [0.29, 0.717) is 24.8 Å². The van der Waals surface area contributed by atoms with Crippen LogP contribution in [0.4, 0.5) is 0 Å². The van der Waals surface area contributed by atoms with E-state index in [1.165, 1.54) is 0 Å². The van der Waals surface area contributed by atoms with Gasteiger partial charge in [-0.2, -0.15) is 0 Å². The molecule has 8 heteroatoms. The van der Waals surface area contributed by atoms with Gasteiger partial charge in [0.05, 0.1) is 38.9 Å². The summed E-state index contributed by atoms with van der Waals surface area (Å²) in [6.45, 7) is 15.3. The van der Waals surface area contributed by atoms with Crippen molar-refractivity contribution in [1.82, 2.24) is 0 Å². The average molecular weight is 366 g/mol. The number of carbonyl (C=O) groups excluding carboxylic acids is 1. The lowest BCUT2D eigenvalue weighted by atomic mass is 10.1. The van der Waals surface area contributed by atoms with Crippen molar-refractivity contribution in [2.75, 3.05) is 32.8 Å². The van der Waals surface area contributed by atoms with E-state index in [-0.39, 0.29) is 6.61 Å². The number of ether oxygens (including phenoxy) is 1. The first-order chi connectivity index (χ1) is 11.1. The molecule has 0 aliphatic heterocycles. The fourth-order valence-corrected chi connectivity index (χ4v) is 3.21. The monoisotopic (exact) mass is 366 g/mol. The topological polar surface area (TPSA) is 93.1 Å². The fraction of sp³-hybridized carbons (Fsp3) is 0.812. The van der Waals surface area contributed by atoms with Crippen LogP contribution in [0.5, 0.6) is 0 Å². The SMILES string of the molecule is C=C(C)C(=O)OCCCC(CC[N+](CC)(CC)CC)OP(=O)(O)O. The first-order valence-electron chi connectivity index (χ1n) is 8.50. The molecule has 0 rings (SSSR count). The summed E-state index contributed by atoms with van der Waals surface area (Å²) in [5, 5.41) is 0. The highest BCUT2D eigenvalue weighted by molar-refractivity contribution is 7.46. The number of quaternary nitrogens is 1. The van der Waals surface area contributed by atoms with Crippen LogP contribution in [0.1, 0.15) is 47.0 Å². The molecule has 0 aliphatic rings. The second-order valence-corrected chi connectivity index (χ2v) is 7.27. The van der Waals surface area contributed by atoms with Gasteiger partial charge in [0.25, 0.3) is 0 Å². The molecule has 0 aromatic carbocycles. The van der Waals surface area contributed by atoms with Crippen molar-refractivity contribution in [3.8, 4) is 0 Å². The lowest BCUT2D eigenvalue weighted by Crippen LogP contribution is -2.49. The molecule has 142 valence electrons. The first kappa shape index (κ1) is 23.3. The molecule has 0 spiro atoms. The van der Waals surface area contributed by atoms with Crippen LogP contribution in [-0.4, -0.2) is 59.1 Å². The molecule has 0 saturated carbocycles. The Morgan fingerprint density at radius 3 is 2.12 bits per heavy atom. The van der Waals surface area contributed by atoms with E-state index in [2.05, 4.69) is 27.4 Å². The van der Waals surface area contributed by atoms with E-state index < -0.39 is 19.9 Å².